The fraction of sp³-hybridized carbons (Fsp3) is 0.343. The first-order valence-corrected chi connectivity index (χ1v) is 14.8. The molecule has 4 atom stereocenters. The minimum absolute atomic E-state index is 0.0736. The van der Waals surface area contributed by atoms with E-state index >= 15 is 4.79 Å². The van der Waals surface area contributed by atoms with Crippen LogP contribution in [0.3, 0.4) is 0 Å². The summed E-state index contributed by atoms with van der Waals surface area (Å²) in [5.41, 5.74) is 0.759. The Morgan fingerprint density at radius 2 is 1.69 bits per heavy atom. The summed E-state index contributed by atoms with van der Waals surface area (Å²) in [4.78, 5) is 47.8. The molecule has 0 saturated carbocycles. The number of benzene rings is 3. The van der Waals surface area contributed by atoms with Crippen molar-refractivity contribution in [2.24, 2.45) is 5.41 Å². The molecule has 7 nitrogen and oxygen atoms in total. The molecule has 4 heterocycles. The fourth-order valence-corrected chi connectivity index (χ4v) is 8.76. The van der Waals surface area contributed by atoms with Crippen molar-refractivity contribution in [2.45, 2.75) is 43.7 Å². The van der Waals surface area contributed by atoms with Crippen LogP contribution in [-0.4, -0.2) is 59.4 Å². The summed E-state index contributed by atoms with van der Waals surface area (Å²) in [6.45, 7) is 5.07. The summed E-state index contributed by atoms with van der Waals surface area (Å²) in [6, 6.07) is 27.6. The second kappa shape index (κ2) is 9.66. The number of hydrogen-bond acceptors (Lipinski definition) is 5. The molecular weight excluding hydrogens is 526 g/mol. The van der Waals surface area contributed by atoms with Gasteiger partial charge < -0.3 is 15.0 Å². The van der Waals surface area contributed by atoms with Gasteiger partial charge in [0.1, 0.15) is 5.54 Å². The number of carbonyl (C=O) groups excluding carboxylic acids is 3. The van der Waals surface area contributed by atoms with Crippen LogP contribution in [0.4, 0.5) is 10.5 Å². The van der Waals surface area contributed by atoms with E-state index in [9.17, 15) is 9.59 Å². The van der Waals surface area contributed by atoms with Crippen molar-refractivity contribution in [3.8, 4) is 0 Å². The number of Topliss-reactive ketones (excluding diaryl/α,β-unsaturated/α-hetero) is 1. The lowest BCUT2D eigenvalue weighted by molar-refractivity contribution is -0.147. The molecule has 0 radical (unpaired) electrons. The van der Waals surface area contributed by atoms with E-state index in [0.717, 1.165) is 35.2 Å². The molecule has 7 heteroatoms. The van der Waals surface area contributed by atoms with Gasteiger partial charge in [0.25, 0.3) is 5.91 Å². The van der Waals surface area contributed by atoms with E-state index in [-0.39, 0.29) is 37.3 Å². The average Bonchev–Trinajstić information content (AvgIpc) is 3.58. The van der Waals surface area contributed by atoms with Gasteiger partial charge >= 0.3 is 6.09 Å². The van der Waals surface area contributed by atoms with Crippen LogP contribution in [0.15, 0.2) is 90.5 Å². The monoisotopic (exact) mass is 561 g/mol. The lowest BCUT2D eigenvalue weighted by Crippen LogP contribution is -2.66. The van der Waals surface area contributed by atoms with E-state index in [1.165, 1.54) is 0 Å². The number of anilines is 1. The van der Waals surface area contributed by atoms with E-state index in [4.69, 9.17) is 4.74 Å². The number of nitrogens with zero attached hydrogens (tertiary/aromatic N) is 2. The van der Waals surface area contributed by atoms with Crippen LogP contribution in [0.1, 0.15) is 49.3 Å². The van der Waals surface area contributed by atoms with Crippen LogP contribution in [0.25, 0.3) is 6.08 Å². The van der Waals surface area contributed by atoms with Crippen molar-refractivity contribution in [3.63, 3.8) is 0 Å². The number of hydrogen-bond donors (Lipinski definition) is 1. The molecule has 214 valence electrons. The summed E-state index contributed by atoms with van der Waals surface area (Å²) >= 11 is 0. The Labute approximate surface area is 246 Å². The number of fused-ring (bicyclic) bond motifs is 5. The van der Waals surface area contributed by atoms with E-state index in [1.54, 1.807) is 11.8 Å². The Hall–Kier alpha value is -4.23. The number of nitrogens with one attached hydrogen (secondary N) is 1. The summed E-state index contributed by atoms with van der Waals surface area (Å²) in [7, 11) is 0. The molecule has 42 heavy (non-hydrogen) atoms. The Balaban J connectivity index is 1.57. The Bertz CT molecular complexity index is 1600. The lowest BCUT2D eigenvalue weighted by atomic mass is 9.53. The molecular formula is C35H35N3O4. The minimum atomic E-state index is -1.31. The zero-order chi connectivity index (χ0) is 29.1. The second-order valence-corrected chi connectivity index (χ2v) is 12.1. The van der Waals surface area contributed by atoms with Gasteiger partial charge in [-0.25, -0.2) is 4.79 Å². The van der Waals surface area contributed by atoms with Gasteiger partial charge in [0.15, 0.2) is 5.78 Å². The zero-order valence-corrected chi connectivity index (χ0v) is 24.0. The van der Waals surface area contributed by atoms with Gasteiger partial charge in [0.05, 0.1) is 18.6 Å². The van der Waals surface area contributed by atoms with Crippen LogP contribution < -0.4 is 5.32 Å². The third-order valence-corrected chi connectivity index (χ3v) is 10.0. The molecule has 2 amide bonds. The highest BCUT2D eigenvalue weighted by molar-refractivity contribution is 6.16. The molecule has 0 aromatic heterocycles. The predicted octanol–water partition coefficient (Wildman–Crippen LogP) is 5.60. The normalized spacial score (nSPS) is 31.0. The zero-order valence-electron chi connectivity index (χ0n) is 24.0. The van der Waals surface area contributed by atoms with Crippen molar-refractivity contribution in [1.29, 1.82) is 0 Å². The number of amides is 2. The van der Waals surface area contributed by atoms with Crippen LogP contribution in [0.2, 0.25) is 0 Å². The SMILES string of the molecule is CCOC(=O)N1C/C(=C\c2ccccc2)C(=O)[C@@]2(C1)[C@H](c1ccccc1)[C@@]1(C)CCCN1[C@]21C(=O)Nc2ccccc21. The van der Waals surface area contributed by atoms with Crippen molar-refractivity contribution in [2.75, 3.05) is 31.6 Å². The molecule has 1 N–H and O–H groups in total. The van der Waals surface area contributed by atoms with Gasteiger partial charge in [-0.2, -0.15) is 0 Å². The van der Waals surface area contributed by atoms with Crippen molar-refractivity contribution in [3.05, 3.63) is 107 Å². The third kappa shape index (κ3) is 3.40. The first-order valence-electron chi connectivity index (χ1n) is 14.8. The summed E-state index contributed by atoms with van der Waals surface area (Å²) in [6.07, 6.45) is 3.15. The van der Waals surface area contributed by atoms with E-state index in [2.05, 4.69) is 29.3 Å². The first kappa shape index (κ1) is 26.7. The molecule has 3 aromatic carbocycles. The van der Waals surface area contributed by atoms with Crippen LogP contribution >= 0.6 is 0 Å². The van der Waals surface area contributed by atoms with Gasteiger partial charge in [-0.3, -0.25) is 14.5 Å². The van der Waals surface area contributed by atoms with E-state index in [0.29, 0.717) is 12.1 Å². The number of ketones is 1. The smallest absolute Gasteiger partial charge is 0.410 e. The summed E-state index contributed by atoms with van der Waals surface area (Å²) in [5.74, 6) is -0.647. The Kier molecular flexibility index (Phi) is 6.13. The highest BCUT2D eigenvalue weighted by Gasteiger charge is 2.81. The van der Waals surface area contributed by atoms with Gasteiger partial charge in [-0.15, -0.1) is 0 Å². The van der Waals surface area contributed by atoms with Gasteiger partial charge in [-0.1, -0.05) is 78.9 Å². The molecule has 3 fully saturated rings. The molecule has 2 spiro atoms. The van der Waals surface area contributed by atoms with E-state index < -0.39 is 22.6 Å². The molecule has 0 unspecified atom stereocenters. The predicted molar refractivity (Wildman–Crippen MR) is 161 cm³/mol. The van der Waals surface area contributed by atoms with Crippen LogP contribution in [0.5, 0.6) is 0 Å². The second-order valence-electron chi connectivity index (χ2n) is 12.1. The molecule has 4 aliphatic heterocycles. The third-order valence-electron chi connectivity index (χ3n) is 10.0. The standard InChI is InChI=1S/C35H35N3O4/c1-3-42-32(41)37-22-26(21-24-13-6-4-7-14-24)30(39)34(23-37)29(25-15-8-5-9-16-25)33(2)19-12-20-38(33)35(34)27-17-10-11-18-28(27)36-31(35)40/h4-11,13-18,21,29H,3,12,19-20,22-23H2,1-2H3,(H,36,40)/b26-21+/t29-,33-,34-,35-/m1/s1. The molecule has 3 aromatic rings. The number of carbonyl (C=O) groups is 3. The van der Waals surface area contributed by atoms with Gasteiger partial charge in [0, 0.05) is 41.4 Å². The number of ether oxygens (including phenoxy) is 1. The van der Waals surface area contributed by atoms with Crippen molar-refractivity contribution < 1.29 is 19.1 Å². The minimum Gasteiger partial charge on any atom is -0.450 e. The van der Waals surface area contributed by atoms with Gasteiger partial charge in [-0.05, 0) is 50.0 Å². The average molecular weight is 562 g/mol. The molecule has 0 aliphatic carbocycles. The maximum atomic E-state index is 15.5. The van der Waals surface area contributed by atoms with E-state index in [1.807, 2.05) is 78.9 Å². The molecule has 7 rings (SSSR count). The van der Waals surface area contributed by atoms with Crippen LogP contribution in [-0.2, 0) is 19.9 Å². The molecule has 4 aliphatic rings. The maximum Gasteiger partial charge on any atom is 0.410 e. The lowest BCUT2D eigenvalue weighted by Gasteiger charge is -2.51. The highest BCUT2D eigenvalue weighted by Crippen LogP contribution is 2.72. The van der Waals surface area contributed by atoms with Crippen LogP contribution in [0, 0.1) is 5.41 Å². The van der Waals surface area contributed by atoms with Crippen molar-refractivity contribution in [1.82, 2.24) is 9.80 Å². The number of likely N-dealkylation sites (tertiary alicyclic amines) is 1. The first-order chi connectivity index (χ1) is 20.4. The van der Waals surface area contributed by atoms with Crippen molar-refractivity contribution >= 4 is 29.5 Å². The molecule has 3 saturated heterocycles. The fourth-order valence-electron chi connectivity index (χ4n) is 8.76. The summed E-state index contributed by atoms with van der Waals surface area (Å²) < 4.78 is 5.56. The van der Waals surface area contributed by atoms with Gasteiger partial charge in [0.2, 0.25) is 0 Å². The number of rotatable bonds is 3. The topological polar surface area (TPSA) is 79.0 Å². The maximum absolute atomic E-state index is 15.5. The highest BCUT2D eigenvalue weighted by atomic mass is 16.6. The molecule has 0 bridgehead atoms. The quantitative estimate of drug-likeness (QED) is 0.422. The summed E-state index contributed by atoms with van der Waals surface area (Å²) in [5, 5.41) is 3.17. The number of piperidine rings is 1. The Morgan fingerprint density at radius 1 is 1.00 bits per heavy atom. The Morgan fingerprint density at radius 3 is 2.43 bits per heavy atom. The number of para-hydroxylation sites is 1. The largest absolute Gasteiger partial charge is 0.450 e.